The Labute approximate surface area is 117 Å². The molecule has 1 fully saturated rings. The Balaban J connectivity index is 1.84. The maximum Gasteiger partial charge on any atom is 0.115 e. The lowest BCUT2D eigenvalue weighted by Crippen LogP contribution is -2.42. The van der Waals surface area contributed by atoms with Crippen LogP contribution in [0.1, 0.15) is 52.0 Å². The van der Waals surface area contributed by atoms with Crippen LogP contribution in [0.3, 0.4) is 0 Å². The number of rotatable bonds is 4. The molecule has 0 bridgehead atoms. The van der Waals surface area contributed by atoms with Gasteiger partial charge in [0.15, 0.2) is 0 Å². The number of nitrogens with one attached hydrogen (secondary N) is 1. The van der Waals surface area contributed by atoms with Crippen LogP contribution < -0.4 is 5.32 Å². The molecule has 0 spiro atoms. The topological polar surface area (TPSA) is 32.3 Å². The average molecular weight is 261 g/mol. The molecule has 0 saturated heterocycles. The number of hydrogen-bond donors (Lipinski definition) is 2. The van der Waals surface area contributed by atoms with Crippen molar-refractivity contribution in [3.63, 3.8) is 0 Å². The monoisotopic (exact) mass is 261 g/mol. The van der Waals surface area contributed by atoms with E-state index in [9.17, 15) is 5.11 Å². The van der Waals surface area contributed by atoms with Gasteiger partial charge in [0.05, 0.1) is 0 Å². The molecular formula is C17H27NO. The molecule has 0 aromatic heterocycles. The van der Waals surface area contributed by atoms with Crippen molar-refractivity contribution in [1.29, 1.82) is 0 Å². The zero-order chi connectivity index (χ0) is 13.9. The maximum absolute atomic E-state index is 9.29. The Morgan fingerprint density at radius 2 is 2.00 bits per heavy atom. The highest BCUT2D eigenvalue weighted by Gasteiger charge is 2.28. The van der Waals surface area contributed by atoms with Crippen LogP contribution >= 0.6 is 0 Å². The molecule has 2 rings (SSSR count). The van der Waals surface area contributed by atoms with Gasteiger partial charge in [-0.1, -0.05) is 32.4 Å². The second kappa shape index (κ2) is 5.96. The van der Waals surface area contributed by atoms with Gasteiger partial charge in [0, 0.05) is 12.1 Å². The van der Waals surface area contributed by atoms with Crippen molar-refractivity contribution in [2.75, 3.05) is 0 Å². The number of phenolic OH excluding ortho intramolecular Hbond substituents is 1. The van der Waals surface area contributed by atoms with Gasteiger partial charge in [-0.05, 0) is 55.7 Å². The first kappa shape index (κ1) is 14.4. The van der Waals surface area contributed by atoms with Crippen molar-refractivity contribution in [3.8, 4) is 5.75 Å². The van der Waals surface area contributed by atoms with E-state index < -0.39 is 0 Å². The standard InChI is InChI=1S/C17H27NO/c1-13(11-14-6-8-16(19)9-7-14)18-15-5-4-10-17(2,3)12-15/h6-9,13,15,18-19H,4-5,10-12H2,1-3H3. The highest BCUT2D eigenvalue weighted by molar-refractivity contribution is 5.26. The highest BCUT2D eigenvalue weighted by Crippen LogP contribution is 2.35. The van der Waals surface area contributed by atoms with E-state index in [0.29, 0.717) is 23.2 Å². The van der Waals surface area contributed by atoms with Crippen molar-refractivity contribution in [2.45, 2.75) is 65.0 Å². The molecular weight excluding hydrogens is 234 g/mol. The van der Waals surface area contributed by atoms with E-state index in [1.165, 1.54) is 31.2 Å². The first-order valence-corrected chi connectivity index (χ1v) is 7.49. The van der Waals surface area contributed by atoms with Gasteiger partial charge in [0.2, 0.25) is 0 Å². The van der Waals surface area contributed by atoms with Crippen molar-refractivity contribution < 1.29 is 5.11 Å². The number of benzene rings is 1. The van der Waals surface area contributed by atoms with Crippen LogP contribution in [0.4, 0.5) is 0 Å². The molecule has 0 radical (unpaired) electrons. The summed E-state index contributed by atoms with van der Waals surface area (Å²) in [5, 5.41) is 13.1. The summed E-state index contributed by atoms with van der Waals surface area (Å²) in [5.41, 5.74) is 1.78. The fraction of sp³-hybridized carbons (Fsp3) is 0.647. The Morgan fingerprint density at radius 3 is 2.63 bits per heavy atom. The van der Waals surface area contributed by atoms with E-state index >= 15 is 0 Å². The zero-order valence-corrected chi connectivity index (χ0v) is 12.4. The lowest BCUT2D eigenvalue weighted by atomic mass is 9.75. The predicted molar refractivity (Wildman–Crippen MR) is 80.4 cm³/mol. The zero-order valence-electron chi connectivity index (χ0n) is 12.4. The third-order valence-corrected chi connectivity index (χ3v) is 4.20. The molecule has 0 aliphatic heterocycles. The number of phenols is 1. The Kier molecular flexibility index (Phi) is 4.51. The van der Waals surface area contributed by atoms with Gasteiger partial charge in [0.25, 0.3) is 0 Å². The molecule has 2 atom stereocenters. The van der Waals surface area contributed by atoms with Gasteiger partial charge >= 0.3 is 0 Å². The molecule has 2 unspecified atom stereocenters. The number of aromatic hydroxyl groups is 1. The summed E-state index contributed by atoms with van der Waals surface area (Å²) in [6.45, 7) is 7.02. The van der Waals surface area contributed by atoms with Gasteiger partial charge < -0.3 is 10.4 Å². The van der Waals surface area contributed by atoms with Gasteiger partial charge in [-0.15, -0.1) is 0 Å². The second-order valence-corrected chi connectivity index (χ2v) is 6.90. The normalized spacial score (nSPS) is 24.1. The van der Waals surface area contributed by atoms with Crippen LogP contribution in [-0.2, 0) is 6.42 Å². The molecule has 19 heavy (non-hydrogen) atoms. The molecule has 0 amide bonds. The van der Waals surface area contributed by atoms with Gasteiger partial charge in [0.1, 0.15) is 5.75 Å². The largest absolute Gasteiger partial charge is 0.508 e. The van der Waals surface area contributed by atoms with E-state index in [1.807, 2.05) is 12.1 Å². The minimum atomic E-state index is 0.346. The van der Waals surface area contributed by atoms with E-state index in [1.54, 1.807) is 12.1 Å². The van der Waals surface area contributed by atoms with Crippen LogP contribution in [0.2, 0.25) is 0 Å². The molecule has 2 N–H and O–H groups in total. The minimum absolute atomic E-state index is 0.346. The van der Waals surface area contributed by atoms with Gasteiger partial charge in [-0.25, -0.2) is 0 Å². The Hall–Kier alpha value is -1.02. The lowest BCUT2D eigenvalue weighted by molar-refractivity contribution is 0.190. The van der Waals surface area contributed by atoms with E-state index in [-0.39, 0.29) is 0 Å². The summed E-state index contributed by atoms with van der Waals surface area (Å²) < 4.78 is 0. The van der Waals surface area contributed by atoms with E-state index in [4.69, 9.17) is 0 Å². The third-order valence-electron chi connectivity index (χ3n) is 4.20. The summed E-state index contributed by atoms with van der Waals surface area (Å²) in [5.74, 6) is 0.346. The van der Waals surface area contributed by atoms with Gasteiger partial charge in [-0.2, -0.15) is 0 Å². The van der Waals surface area contributed by atoms with Gasteiger partial charge in [-0.3, -0.25) is 0 Å². The lowest BCUT2D eigenvalue weighted by Gasteiger charge is -2.37. The molecule has 1 saturated carbocycles. The third kappa shape index (κ3) is 4.54. The molecule has 1 aliphatic rings. The smallest absolute Gasteiger partial charge is 0.115 e. The number of hydrogen-bond acceptors (Lipinski definition) is 2. The van der Waals surface area contributed by atoms with Crippen LogP contribution in [0, 0.1) is 5.41 Å². The Bertz CT molecular complexity index is 396. The molecule has 1 aliphatic carbocycles. The van der Waals surface area contributed by atoms with Crippen LogP contribution in [0.15, 0.2) is 24.3 Å². The first-order chi connectivity index (χ1) is 8.94. The minimum Gasteiger partial charge on any atom is -0.508 e. The fourth-order valence-electron chi connectivity index (χ4n) is 3.29. The molecule has 2 heteroatoms. The molecule has 0 heterocycles. The van der Waals surface area contributed by atoms with Crippen molar-refractivity contribution in [1.82, 2.24) is 5.32 Å². The molecule has 106 valence electrons. The van der Waals surface area contributed by atoms with Crippen LogP contribution in [-0.4, -0.2) is 17.2 Å². The summed E-state index contributed by atoms with van der Waals surface area (Å²) in [4.78, 5) is 0. The van der Waals surface area contributed by atoms with E-state index in [2.05, 4.69) is 26.1 Å². The Morgan fingerprint density at radius 1 is 1.32 bits per heavy atom. The fourth-order valence-corrected chi connectivity index (χ4v) is 3.29. The van der Waals surface area contributed by atoms with Crippen molar-refractivity contribution in [2.24, 2.45) is 5.41 Å². The second-order valence-electron chi connectivity index (χ2n) is 6.90. The maximum atomic E-state index is 9.29. The predicted octanol–water partition coefficient (Wildman–Crippen LogP) is 3.88. The van der Waals surface area contributed by atoms with Crippen LogP contribution in [0.25, 0.3) is 0 Å². The van der Waals surface area contributed by atoms with E-state index in [0.717, 1.165) is 6.42 Å². The molecule has 2 nitrogen and oxygen atoms in total. The quantitative estimate of drug-likeness (QED) is 0.862. The van der Waals surface area contributed by atoms with Crippen LogP contribution in [0.5, 0.6) is 5.75 Å². The van der Waals surface area contributed by atoms with Crippen molar-refractivity contribution >= 4 is 0 Å². The molecule has 1 aromatic carbocycles. The summed E-state index contributed by atoms with van der Waals surface area (Å²) in [6, 6.07) is 8.72. The van der Waals surface area contributed by atoms with Crippen molar-refractivity contribution in [3.05, 3.63) is 29.8 Å². The summed E-state index contributed by atoms with van der Waals surface area (Å²) in [7, 11) is 0. The average Bonchev–Trinajstić information content (AvgIpc) is 2.30. The first-order valence-electron chi connectivity index (χ1n) is 7.49. The summed E-state index contributed by atoms with van der Waals surface area (Å²) in [6.07, 6.45) is 6.32. The SMILES string of the molecule is CC(Cc1ccc(O)cc1)NC1CCCC(C)(C)C1. The highest BCUT2D eigenvalue weighted by atomic mass is 16.3. The summed E-state index contributed by atoms with van der Waals surface area (Å²) >= 11 is 0. The molecule has 1 aromatic rings.